The first-order valence-corrected chi connectivity index (χ1v) is 8.48. The van der Waals surface area contributed by atoms with Crippen molar-refractivity contribution in [2.75, 3.05) is 38.7 Å². The van der Waals surface area contributed by atoms with Crippen molar-refractivity contribution in [2.24, 2.45) is 0 Å². The van der Waals surface area contributed by atoms with Gasteiger partial charge in [-0.3, -0.25) is 9.78 Å². The average Bonchev–Trinajstić information content (AvgIpc) is 3.15. The van der Waals surface area contributed by atoms with E-state index < -0.39 is 0 Å². The number of aromatic nitrogens is 4. The molecule has 1 aliphatic heterocycles. The minimum Gasteiger partial charge on any atom is -0.368 e. The molecule has 134 valence electrons. The molecule has 1 aliphatic rings. The Kier molecular flexibility index (Phi) is 5.60. The molecule has 1 saturated heterocycles. The molecule has 0 spiro atoms. The highest BCUT2D eigenvalue weighted by Gasteiger charge is 2.28. The van der Waals surface area contributed by atoms with Gasteiger partial charge >= 0.3 is 0 Å². The zero-order valence-corrected chi connectivity index (χ0v) is 14.7. The van der Waals surface area contributed by atoms with Crippen molar-refractivity contribution in [1.82, 2.24) is 24.4 Å². The Morgan fingerprint density at radius 2 is 2.16 bits per heavy atom. The molecule has 0 saturated carbocycles. The van der Waals surface area contributed by atoms with Crippen LogP contribution in [0, 0.1) is 0 Å². The molecule has 25 heavy (non-hydrogen) atoms. The molecule has 0 bridgehead atoms. The molecule has 0 aliphatic carbocycles. The monoisotopic (exact) mass is 344 g/mol. The number of carbonyl (C=O) groups excluding carboxylic acids is 1. The molecule has 0 N–H and O–H groups in total. The van der Waals surface area contributed by atoms with Crippen LogP contribution in [0.15, 0.2) is 31.1 Å². The molecule has 1 fully saturated rings. The second-order valence-corrected chi connectivity index (χ2v) is 6.26. The quantitative estimate of drug-likeness (QED) is 0.782. The molecule has 1 amide bonds. The summed E-state index contributed by atoms with van der Waals surface area (Å²) in [5, 5.41) is 0. The molecule has 3 rings (SSSR count). The number of amides is 1. The number of anilines is 1. The summed E-state index contributed by atoms with van der Waals surface area (Å²) in [7, 11) is 3.85. The van der Waals surface area contributed by atoms with Crippen LogP contribution in [-0.4, -0.2) is 64.1 Å². The fourth-order valence-corrected chi connectivity index (χ4v) is 2.94. The van der Waals surface area contributed by atoms with Gasteiger partial charge in [0.05, 0.1) is 19.5 Å². The van der Waals surface area contributed by atoms with Crippen LogP contribution in [0.5, 0.6) is 0 Å². The van der Waals surface area contributed by atoms with Gasteiger partial charge in [-0.15, -0.1) is 0 Å². The maximum Gasteiger partial charge on any atom is 0.222 e. The fourth-order valence-electron chi connectivity index (χ4n) is 2.94. The van der Waals surface area contributed by atoms with Crippen molar-refractivity contribution >= 4 is 11.7 Å². The van der Waals surface area contributed by atoms with Crippen LogP contribution in [0.2, 0.25) is 0 Å². The Morgan fingerprint density at radius 1 is 1.32 bits per heavy atom. The third-order valence-corrected chi connectivity index (χ3v) is 4.22. The average molecular weight is 344 g/mol. The van der Waals surface area contributed by atoms with Gasteiger partial charge in [-0.1, -0.05) is 0 Å². The lowest BCUT2D eigenvalue weighted by Gasteiger charge is -2.33. The molecule has 1 atom stereocenters. The summed E-state index contributed by atoms with van der Waals surface area (Å²) in [5.41, 5.74) is 0.781. The molecular formula is C17H24N6O2. The van der Waals surface area contributed by atoms with Gasteiger partial charge in [0.2, 0.25) is 5.91 Å². The number of nitrogens with zero attached hydrogens (tertiary/aromatic N) is 6. The van der Waals surface area contributed by atoms with Crippen molar-refractivity contribution in [3.8, 4) is 0 Å². The Hall–Kier alpha value is -2.48. The number of morpholine rings is 1. The van der Waals surface area contributed by atoms with Crippen LogP contribution in [0.3, 0.4) is 0 Å². The van der Waals surface area contributed by atoms with Gasteiger partial charge in [-0.2, -0.15) is 0 Å². The Balaban J connectivity index is 1.58. The SMILES string of the molecule is CN(C)c1nccnc1[C@@H]1CN(C(=O)CCCn2ccnc2)CCO1. The molecule has 2 aromatic rings. The van der Waals surface area contributed by atoms with E-state index in [-0.39, 0.29) is 12.0 Å². The summed E-state index contributed by atoms with van der Waals surface area (Å²) < 4.78 is 7.85. The highest BCUT2D eigenvalue weighted by molar-refractivity contribution is 5.76. The summed E-state index contributed by atoms with van der Waals surface area (Å²) in [5.74, 6) is 0.936. The summed E-state index contributed by atoms with van der Waals surface area (Å²) in [6.45, 7) is 2.46. The third-order valence-electron chi connectivity index (χ3n) is 4.22. The summed E-state index contributed by atoms with van der Waals surface area (Å²) in [6.07, 6.45) is 9.84. The van der Waals surface area contributed by atoms with Gasteiger partial charge < -0.3 is 19.1 Å². The maximum absolute atomic E-state index is 12.5. The topological polar surface area (TPSA) is 76.4 Å². The lowest BCUT2D eigenvalue weighted by atomic mass is 10.1. The van der Waals surface area contributed by atoms with Gasteiger partial charge in [0.15, 0.2) is 5.82 Å². The number of rotatable bonds is 6. The van der Waals surface area contributed by atoms with Crippen molar-refractivity contribution in [2.45, 2.75) is 25.5 Å². The van der Waals surface area contributed by atoms with Crippen molar-refractivity contribution in [1.29, 1.82) is 0 Å². The first kappa shape index (κ1) is 17.3. The second-order valence-electron chi connectivity index (χ2n) is 6.26. The predicted octanol–water partition coefficient (Wildman–Crippen LogP) is 1.12. The van der Waals surface area contributed by atoms with Crippen LogP contribution in [0.25, 0.3) is 0 Å². The van der Waals surface area contributed by atoms with Crippen LogP contribution < -0.4 is 4.90 Å². The van der Waals surface area contributed by atoms with Crippen LogP contribution in [0.1, 0.15) is 24.6 Å². The van der Waals surface area contributed by atoms with Gasteiger partial charge in [0.25, 0.3) is 0 Å². The highest BCUT2D eigenvalue weighted by atomic mass is 16.5. The van der Waals surface area contributed by atoms with Gasteiger partial charge in [-0.25, -0.2) is 9.97 Å². The van der Waals surface area contributed by atoms with Gasteiger partial charge in [0, 0.05) is 58.4 Å². The standard InChI is InChI=1S/C17H24N6O2/c1-21(2)17-16(19-5-6-20-17)14-12-23(10-11-25-14)15(24)4-3-8-22-9-7-18-13-22/h5-7,9,13-14H,3-4,8,10-12H2,1-2H3/t14-/m0/s1. The molecular weight excluding hydrogens is 320 g/mol. The molecule has 0 radical (unpaired) electrons. The molecule has 8 heteroatoms. The fraction of sp³-hybridized carbons (Fsp3) is 0.529. The van der Waals surface area contributed by atoms with E-state index in [1.54, 1.807) is 24.9 Å². The number of hydrogen-bond donors (Lipinski definition) is 0. The van der Waals surface area contributed by atoms with E-state index in [1.807, 2.05) is 34.7 Å². The van der Waals surface area contributed by atoms with Crippen LogP contribution in [-0.2, 0) is 16.1 Å². The van der Waals surface area contributed by atoms with Crippen molar-refractivity contribution < 1.29 is 9.53 Å². The van der Waals surface area contributed by atoms with E-state index in [2.05, 4.69) is 15.0 Å². The van der Waals surface area contributed by atoms with Crippen molar-refractivity contribution in [3.05, 3.63) is 36.8 Å². The largest absolute Gasteiger partial charge is 0.368 e. The number of imidazole rings is 1. The van der Waals surface area contributed by atoms with E-state index >= 15 is 0 Å². The van der Waals surface area contributed by atoms with E-state index in [9.17, 15) is 4.79 Å². The summed E-state index contributed by atoms with van der Waals surface area (Å²) >= 11 is 0. The first-order chi connectivity index (χ1) is 12.1. The lowest BCUT2D eigenvalue weighted by Crippen LogP contribution is -2.42. The molecule has 8 nitrogen and oxygen atoms in total. The number of ether oxygens (including phenoxy) is 1. The minimum atomic E-state index is -0.238. The summed E-state index contributed by atoms with van der Waals surface area (Å²) in [6, 6.07) is 0. The summed E-state index contributed by atoms with van der Waals surface area (Å²) in [4.78, 5) is 29.1. The minimum absolute atomic E-state index is 0.156. The highest BCUT2D eigenvalue weighted by Crippen LogP contribution is 2.26. The Bertz CT molecular complexity index is 688. The van der Waals surface area contributed by atoms with Crippen molar-refractivity contribution in [3.63, 3.8) is 0 Å². The smallest absolute Gasteiger partial charge is 0.222 e. The lowest BCUT2D eigenvalue weighted by molar-refractivity contribution is -0.139. The third kappa shape index (κ3) is 4.33. The van der Waals surface area contributed by atoms with Gasteiger partial charge in [0.1, 0.15) is 11.8 Å². The zero-order valence-electron chi connectivity index (χ0n) is 14.7. The van der Waals surface area contributed by atoms with E-state index in [1.165, 1.54) is 0 Å². The molecule has 0 unspecified atom stereocenters. The van der Waals surface area contributed by atoms with Gasteiger partial charge in [-0.05, 0) is 6.42 Å². The second kappa shape index (κ2) is 8.06. The normalized spacial score (nSPS) is 17.5. The molecule has 0 aromatic carbocycles. The van der Waals surface area contributed by atoms with Crippen LogP contribution in [0.4, 0.5) is 5.82 Å². The number of hydrogen-bond acceptors (Lipinski definition) is 6. The predicted molar refractivity (Wildman–Crippen MR) is 93.1 cm³/mol. The van der Waals surface area contributed by atoms with E-state index in [0.717, 1.165) is 24.5 Å². The molecule has 3 heterocycles. The van der Waals surface area contributed by atoms with E-state index in [4.69, 9.17) is 4.74 Å². The number of carbonyl (C=O) groups is 1. The maximum atomic E-state index is 12.5. The first-order valence-electron chi connectivity index (χ1n) is 8.48. The van der Waals surface area contributed by atoms with E-state index in [0.29, 0.717) is 26.1 Å². The Labute approximate surface area is 147 Å². The van der Waals surface area contributed by atoms with Crippen LogP contribution >= 0.6 is 0 Å². The zero-order chi connectivity index (χ0) is 17.6. The Morgan fingerprint density at radius 3 is 2.92 bits per heavy atom. The number of aryl methyl sites for hydroxylation is 1. The molecule has 2 aromatic heterocycles.